The predicted molar refractivity (Wildman–Crippen MR) is 111 cm³/mol. The number of nitrogens with zero attached hydrogens (tertiary/aromatic N) is 6. The molecule has 0 radical (unpaired) electrons. The summed E-state index contributed by atoms with van der Waals surface area (Å²) in [4.78, 5) is 28.3. The second-order valence-electron chi connectivity index (χ2n) is 7.32. The molecule has 1 aliphatic rings. The van der Waals surface area contributed by atoms with Gasteiger partial charge in [0.15, 0.2) is 0 Å². The molecule has 0 spiro atoms. The molecule has 2 aromatic heterocycles. The van der Waals surface area contributed by atoms with Gasteiger partial charge in [-0.1, -0.05) is 36.0 Å². The SMILES string of the molecule is CCCc1nnsc1C(=O)N1CCCC(c2nn(C)c(=O)n2-c2ccccc2)C1. The second kappa shape index (κ2) is 8.28. The molecule has 8 nitrogen and oxygen atoms in total. The third-order valence-electron chi connectivity index (χ3n) is 5.27. The molecule has 29 heavy (non-hydrogen) atoms. The molecule has 1 unspecified atom stereocenters. The van der Waals surface area contributed by atoms with Gasteiger partial charge in [-0.05, 0) is 42.9 Å². The van der Waals surface area contributed by atoms with Gasteiger partial charge in [0.25, 0.3) is 5.91 Å². The highest BCUT2D eigenvalue weighted by Gasteiger charge is 2.31. The minimum absolute atomic E-state index is 0.00249. The topological polar surface area (TPSA) is 85.9 Å². The van der Waals surface area contributed by atoms with Gasteiger partial charge in [-0.25, -0.2) is 14.0 Å². The standard InChI is InChI=1S/C20H24N6O2S/c1-3-8-16-17(29-23-21-16)19(27)25-12-7-9-14(13-25)18-22-24(2)20(28)26(18)15-10-5-4-6-11-15/h4-6,10-11,14H,3,7-9,12-13H2,1-2H3. The zero-order valence-electron chi connectivity index (χ0n) is 16.6. The van der Waals surface area contributed by atoms with Crippen molar-refractivity contribution in [2.24, 2.45) is 7.05 Å². The number of carbonyl (C=O) groups is 1. The van der Waals surface area contributed by atoms with Crippen LogP contribution in [0.5, 0.6) is 0 Å². The molecule has 1 aliphatic heterocycles. The summed E-state index contributed by atoms with van der Waals surface area (Å²) in [5.74, 6) is 0.687. The highest BCUT2D eigenvalue weighted by Crippen LogP contribution is 2.28. The van der Waals surface area contributed by atoms with Crippen LogP contribution in [0.4, 0.5) is 0 Å². The first kappa shape index (κ1) is 19.5. The smallest absolute Gasteiger partial charge is 0.337 e. The van der Waals surface area contributed by atoms with E-state index in [1.807, 2.05) is 35.2 Å². The number of piperidine rings is 1. The molecule has 3 aromatic rings. The van der Waals surface area contributed by atoms with Crippen molar-refractivity contribution in [1.29, 1.82) is 0 Å². The van der Waals surface area contributed by atoms with E-state index in [0.717, 1.165) is 37.1 Å². The van der Waals surface area contributed by atoms with E-state index in [2.05, 4.69) is 21.6 Å². The third kappa shape index (κ3) is 3.74. The van der Waals surface area contributed by atoms with Gasteiger partial charge in [0.2, 0.25) is 0 Å². The number of amides is 1. The Morgan fingerprint density at radius 2 is 2.07 bits per heavy atom. The van der Waals surface area contributed by atoms with Crippen molar-refractivity contribution in [1.82, 2.24) is 28.8 Å². The Balaban J connectivity index is 1.63. The molecule has 0 N–H and O–H groups in total. The molecule has 1 saturated heterocycles. The number of benzene rings is 1. The first-order valence-electron chi connectivity index (χ1n) is 9.92. The van der Waals surface area contributed by atoms with Gasteiger partial charge in [-0.15, -0.1) is 5.10 Å². The predicted octanol–water partition coefficient (Wildman–Crippen LogP) is 2.39. The summed E-state index contributed by atoms with van der Waals surface area (Å²) in [5.41, 5.74) is 1.40. The molecule has 1 aromatic carbocycles. The first-order chi connectivity index (χ1) is 14.1. The maximum atomic E-state index is 13.1. The molecule has 3 heterocycles. The molecule has 1 fully saturated rings. The van der Waals surface area contributed by atoms with Crippen molar-refractivity contribution in [2.75, 3.05) is 13.1 Å². The molecule has 9 heteroatoms. The lowest BCUT2D eigenvalue weighted by molar-refractivity contribution is 0.0707. The van der Waals surface area contributed by atoms with E-state index >= 15 is 0 Å². The van der Waals surface area contributed by atoms with Crippen LogP contribution >= 0.6 is 11.5 Å². The number of hydrogen-bond acceptors (Lipinski definition) is 6. The monoisotopic (exact) mass is 412 g/mol. The Morgan fingerprint density at radius 3 is 2.83 bits per heavy atom. The van der Waals surface area contributed by atoms with E-state index in [9.17, 15) is 9.59 Å². The quantitative estimate of drug-likeness (QED) is 0.642. The minimum atomic E-state index is -0.175. The summed E-state index contributed by atoms with van der Waals surface area (Å²) < 4.78 is 7.02. The van der Waals surface area contributed by atoms with Crippen LogP contribution < -0.4 is 5.69 Å². The number of likely N-dealkylation sites (tertiary alicyclic amines) is 1. The van der Waals surface area contributed by atoms with E-state index in [4.69, 9.17) is 0 Å². The maximum Gasteiger partial charge on any atom is 0.350 e. The van der Waals surface area contributed by atoms with Crippen molar-refractivity contribution >= 4 is 17.4 Å². The Labute approximate surface area is 172 Å². The number of hydrogen-bond donors (Lipinski definition) is 0. The van der Waals surface area contributed by atoms with Crippen molar-refractivity contribution in [3.8, 4) is 5.69 Å². The average molecular weight is 413 g/mol. The molecule has 0 saturated carbocycles. The van der Waals surface area contributed by atoms with Crippen LogP contribution in [0.2, 0.25) is 0 Å². The van der Waals surface area contributed by atoms with Crippen LogP contribution in [0, 0.1) is 0 Å². The van der Waals surface area contributed by atoms with E-state index in [0.29, 0.717) is 23.8 Å². The van der Waals surface area contributed by atoms with Crippen LogP contribution in [0.1, 0.15) is 53.3 Å². The zero-order valence-corrected chi connectivity index (χ0v) is 17.4. The lowest BCUT2D eigenvalue weighted by atomic mass is 9.96. The molecule has 1 atom stereocenters. The van der Waals surface area contributed by atoms with Crippen LogP contribution in [-0.4, -0.2) is 47.8 Å². The molecular weight excluding hydrogens is 388 g/mol. The molecule has 0 aliphatic carbocycles. The minimum Gasteiger partial charge on any atom is -0.337 e. The largest absolute Gasteiger partial charge is 0.350 e. The highest BCUT2D eigenvalue weighted by atomic mass is 32.1. The lowest BCUT2D eigenvalue weighted by Crippen LogP contribution is -2.40. The number of carbonyl (C=O) groups excluding carboxylic acids is 1. The van der Waals surface area contributed by atoms with Gasteiger partial charge >= 0.3 is 5.69 Å². The van der Waals surface area contributed by atoms with Crippen LogP contribution in [0.3, 0.4) is 0 Å². The number of para-hydroxylation sites is 1. The van der Waals surface area contributed by atoms with Crippen molar-refractivity contribution in [2.45, 2.75) is 38.5 Å². The third-order valence-corrected chi connectivity index (χ3v) is 6.03. The van der Waals surface area contributed by atoms with Crippen molar-refractivity contribution < 1.29 is 4.79 Å². The van der Waals surface area contributed by atoms with Gasteiger partial charge < -0.3 is 4.90 Å². The normalized spacial score (nSPS) is 16.9. The average Bonchev–Trinajstić information content (AvgIpc) is 3.33. The molecule has 152 valence electrons. The Hall–Kier alpha value is -2.81. The van der Waals surface area contributed by atoms with Gasteiger partial charge in [0, 0.05) is 26.1 Å². The number of rotatable bonds is 5. The van der Waals surface area contributed by atoms with Crippen LogP contribution in [0.25, 0.3) is 5.69 Å². The van der Waals surface area contributed by atoms with Gasteiger partial charge in [0.05, 0.1) is 11.4 Å². The zero-order chi connectivity index (χ0) is 20.4. The molecule has 1 amide bonds. The molecule has 0 bridgehead atoms. The first-order valence-corrected chi connectivity index (χ1v) is 10.7. The highest BCUT2D eigenvalue weighted by molar-refractivity contribution is 7.08. The number of aromatic nitrogens is 5. The summed E-state index contributed by atoms with van der Waals surface area (Å²) in [5, 5.41) is 8.65. The van der Waals surface area contributed by atoms with Crippen LogP contribution in [-0.2, 0) is 13.5 Å². The summed E-state index contributed by atoms with van der Waals surface area (Å²) in [6.45, 7) is 3.29. The molecular formula is C20H24N6O2S. The van der Waals surface area contributed by atoms with E-state index < -0.39 is 0 Å². The van der Waals surface area contributed by atoms with E-state index in [1.54, 1.807) is 11.6 Å². The van der Waals surface area contributed by atoms with Gasteiger partial charge in [-0.2, -0.15) is 5.10 Å². The Morgan fingerprint density at radius 1 is 1.28 bits per heavy atom. The van der Waals surface area contributed by atoms with E-state index in [1.165, 1.54) is 16.2 Å². The van der Waals surface area contributed by atoms with E-state index in [-0.39, 0.29) is 17.5 Å². The lowest BCUT2D eigenvalue weighted by Gasteiger charge is -2.32. The fourth-order valence-electron chi connectivity index (χ4n) is 3.86. The van der Waals surface area contributed by atoms with Gasteiger partial charge in [0.1, 0.15) is 10.7 Å². The summed E-state index contributed by atoms with van der Waals surface area (Å²) in [6.07, 6.45) is 3.43. The summed E-state index contributed by atoms with van der Waals surface area (Å²) in [7, 11) is 1.66. The van der Waals surface area contributed by atoms with Crippen LogP contribution in [0.15, 0.2) is 35.1 Å². The van der Waals surface area contributed by atoms with Gasteiger partial charge in [-0.3, -0.25) is 4.79 Å². The fraction of sp³-hybridized carbons (Fsp3) is 0.450. The second-order valence-corrected chi connectivity index (χ2v) is 8.08. The fourth-order valence-corrected chi connectivity index (χ4v) is 4.53. The molecule has 4 rings (SSSR count). The maximum absolute atomic E-state index is 13.1. The van der Waals surface area contributed by atoms with Crippen molar-refractivity contribution in [3.63, 3.8) is 0 Å². The summed E-state index contributed by atoms with van der Waals surface area (Å²) in [6, 6.07) is 9.53. The Bertz CT molecular complexity index is 1050. The van der Waals surface area contributed by atoms with Crippen molar-refractivity contribution in [3.05, 3.63) is 57.2 Å². The number of aryl methyl sites for hydroxylation is 2. The Kier molecular flexibility index (Phi) is 5.57. The summed E-state index contributed by atoms with van der Waals surface area (Å²) >= 11 is 1.17.